The molecule has 0 unspecified atom stereocenters. The van der Waals surface area contributed by atoms with E-state index in [1.54, 1.807) is 12.1 Å². The molecule has 3 rings (SSSR count). The van der Waals surface area contributed by atoms with Crippen molar-refractivity contribution in [3.05, 3.63) is 64.3 Å². The van der Waals surface area contributed by atoms with Gasteiger partial charge in [0.05, 0.1) is 36.5 Å². The van der Waals surface area contributed by atoms with Gasteiger partial charge in [-0.1, -0.05) is 41.9 Å². The second kappa shape index (κ2) is 8.50. The van der Waals surface area contributed by atoms with E-state index in [0.717, 1.165) is 5.56 Å². The number of nitrogens with one attached hydrogen (secondary N) is 3. The molecule has 0 radical (unpaired) electrons. The molecule has 2 aromatic rings. The molecule has 0 saturated heterocycles. The van der Waals surface area contributed by atoms with E-state index in [0.29, 0.717) is 38.6 Å². The van der Waals surface area contributed by atoms with Crippen molar-refractivity contribution in [1.82, 2.24) is 10.6 Å². The van der Waals surface area contributed by atoms with Crippen LogP contribution >= 0.6 is 23.8 Å². The van der Waals surface area contributed by atoms with Gasteiger partial charge in [-0.3, -0.25) is 4.79 Å². The van der Waals surface area contributed by atoms with Gasteiger partial charge in [0, 0.05) is 17.8 Å². The molecule has 0 aliphatic carbocycles. The molecule has 0 spiro atoms. The number of rotatable bonds is 5. The van der Waals surface area contributed by atoms with Crippen LogP contribution in [0.5, 0.6) is 11.5 Å². The number of ether oxygens (including phenoxy) is 2. The standard InChI is InChI=1S/C20H20ClN3O3S/c1-11-17(18(24-20(28)22-11)12-7-5-4-6-8-12)19(25)23-14-10-15(26-2)13(21)9-16(14)27-3/h4-10,18H,1-3H3,(H,23,25)(H2,22,24,28)/t18-/m1/s1. The molecule has 28 heavy (non-hydrogen) atoms. The van der Waals surface area contributed by atoms with Crippen LogP contribution in [0.1, 0.15) is 18.5 Å². The van der Waals surface area contributed by atoms with Crippen molar-refractivity contribution in [2.45, 2.75) is 13.0 Å². The normalized spacial score (nSPS) is 16.1. The Morgan fingerprint density at radius 2 is 1.82 bits per heavy atom. The molecule has 0 fully saturated rings. The van der Waals surface area contributed by atoms with E-state index in [2.05, 4.69) is 16.0 Å². The zero-order valence-corrected chi connectivity index (χ0v) is 17.2. The van der Waals surface area contributed by atoms with E-state index in [4.69, 9.17) is 33.3 Å². The van der Waals surface area contributed by atoms with E-state index >= 15 is 0 Å². The number of halogens is 1. The summed E-state index contributed by atoms with van der Waals surface area (Å²) in [4.78, 5) is 13.2. The fourth-order valence-corrected chi connectivity index (χ4v) is 3.54. The molecule has 0 aromatic heterocycles. The Labute approximate surface area is 173 Å². The monoisotopic (exact) mass is 417 g/mol. The number of allylic oxidation sites excluding steroid dienone is 1. The van der Waals surface area contributed by atoms with Crippen LogP contribution in [-0.2, 0) is 4.79 Å². The number of carbonyl (C=O) groups excluding carboxylic acids is 1. The predicted molar refractivity (Wildman–Crippen MR) is 114 cm³/mol. The largest absolute Gasteiger partial charge is 0.495 e. The fraction of sp³-hybridized carbons (Fsp3) is 0.200. The van der Waals surface area contributed by atoms with Gasteiger partial charge in [-0.25, -0.2) is 0 Å². The van der Waals surface area contributed by atoms with Gasteiger partial charge in [0.2, 0.25) is 0 Å². The molecule has 1 aliphatic heterocycles. The summed E-state index contributed by atoms with van der Waals surface area (Å²) in [5, 5.41) is 9.93. The van der Waals surface area contributed by atoms with Crippen LogP contribution in [0.3, 0.4) is 0 Å². The lowest BCUT2D eigenvalue weighted by molar-refractivity contribution is -0.113. The van der Waals surface area contributed by atoms with Gasteiger partial charge >= 0.3 is 0 Å². The molecule has 6 nitrogen and oxygen atoms in total. The number of carbonyl (C=O) groups is 1. The first-order chi connectivity index (χ1) is 13.4. The third-order valence-electron chi connectivity index (χ3n) is 4.37. The summed E-state index contributed by atoms with van der Waals surface area (Å²) in [6.07, 6.45) is 0. The molecule has 1 aliphatic rings. The molecule has 146 valence electrons. The van der Waals surface area contributed by atoms with Crippen molar-refractivity contribution in [1.29, 1.82) is 0 Å². The summed E-state index contributed by atoms with van der Waals surface area (Å²) in [7, 11) is 3.01. The maximum absolute atomic E-state index is 13.2. The van der Waals surface area contributed by atoms with Crippen molar-refractivity contribution in [2.75, 3.05) is 19.5 Å². The average Bonchev–Trinajstić information content (AvgIpc) is 2.68. The van der Waals surface area contributed by atoms with Crippen molar-refractivity contribution >= 4 is 40.5 Å². The number of amides is 1. The highest BCUT2D eigenvalue weighted by molar-refractivity contribution is 7.80. The number of benzene rings is 2. The summed E-state index contributed by atoms with van der Waals surface area (Å²) in [6, 6.07) is 12.5. The van der Waals surface area contributed by atoms with Crippen LogP contribution in [0.15, 0.2) is 53.7 Å². The summed E-state index contributed by atoms with van der Waals surface area (Å²) >= 11 is 11.4. The molecule has 1 amide bonds. The van der Waals surface area contributed by atoms with E-state index < -0.39 is 0 Å². The van der Waals surface area contributed by atoms with Gasteiger partial charge in [-0.05, 0) is 24.7 Å². The molecular weight excluding hydrogens is 398 g/mol. The van der Waals surface area contributed by atoms with E-state index in [1.165, 1.54) is 14.2 Å². The van der Waals surface area contributed by atoms with Crippen molar-refractivity contribution in [3.63, 3.8) is 0 Å². The van der Waals surface area contributed by atoms with Gasteiger partial charge in [0.25, 0.3) is 5.91 Å². The summed E-state index contributed by atoms with van der Waals surface area (Å²) in [5.41, 5.74) is 2.58. The second-order valence-corrected chi connectivity index (χ2v) is 6.94. The van der Waals surface area contributed by atoms with Crippen LogP contribution in [0.2, 0.25) is 5.02 Å². The quantitative estimate of drug-likeness (QED) is 0.643. The molecule has 0 saturated carbocycles. The Kier molecular flexibility index (Phi) is 6.06. The Balaban J connectivity index is 1.98. The van der Waals surface area contributed by atoms with Gasteiger partial charge in [0.15, 0.2) is 5.11 Å². The highest BCUT2D eigenvalue weighted by Crippen LogP contribution is 2.37. The molecule has 8 heteroatoms. The van der Waals surface area contributed by atoms with E-state index in [1.807, 2.05) is 37.3 Å². The molecule has 3 N–H and O–H groups in total. The lowest BCUT2D eigenvalue weighted by Gasteiger charge is -2.30. The van der Waals surface area contributed by atoms with Gasteiger partial charge in [0.1, 0.15) is 11.5 Å². The summed E-state index contributed by atoms with van der Waals surface area (Å²) < 4.78 is 10.6. The zero-order chi connectivity index (χ0) is 20.3. The minimum atomic E-state index is -0.379. The molecule has 2 aromatic carbocycles. The number of hydrogen-bond acceptors (Lipinski definition) is 4. The Bertz CT molecular complexity index is 947. The zero-order valence-electron chi connectivity index (χ0n) is 15.6. The number of thiocarbonyl (C=S) groups is 1. The summed E-state index contributed by atoms with van der Waals surface area (Å²) in [6.45, 7) is 1.82. The first-order valence-electron chi connectivity index (χ1n) is 8.50. The first-order valence-corrected chi connectivity index (χ1v) is 9.29. The maximum atomic E-state index is 13.2. The van der Waals surface area contributed by atoms with Crippen LogP contribution in [0, 0.1) is 0 Å². The third kappa shape index (κ3) is 4.05. The molecule has 0 bridgehead atoms. The SMILES string of the molecule is COc1cc(NC(=O)C2=C(C)NC(=S)N[C@@H]2c2ccccc2)c(OC)cc1Cl. The smallest absolute Gasteiger partial charge is 0.255 e. The first kappa shape index (κ1) is 20.0. The topological polar surface area (TPSA) is 71.6 Å². The Hall–Kier alpha value is -2.77. The van der Waals surface area contributed by atoms with Crippen LogP contribution in [0.4, 0.5) is 5.69 Å². The summed E-state index contributed by atoms with van der Waals surface area (Å²) in [5.74, 6) is 0.571. The third-order valence-corrected chi connectivity index (χ3v) is 4.88. The van der Waals surface area contributed by atoms with Crippen molar-refractivity contribution in [2.24, 2.45) is 0 Å². The van der Waals surface area contributed by atoms with Crippen molar-refractivity contribution in [3.8, 4) is 11.5 Å². The predicted octanol–water partition coefficient (Wildman–Crippen LogP) is 3.79. The maximum Gasteiger partial charge on any atom is 0.255 e. The Morgan fingerprint density at radius 3 is 2.46 bits per heavy atom. The number of methoxy groups -OCH3 is 2. The average molecular weight is 418 g/mol. The van der Waals surface area contributed by atoms with E-state index in [9.17, 15) is 4.79 Å². The minimum Gasteiger partial charge on any atom is -0.495 e. The highest BCUT2D eigenvalue weighted by atomic mass is 35.5. The minimum absolute atomic E-state index is 0.295. The highest BCUT2D eigenvalue weighted by Gasteiger charge is 2.30. The van der Waals surface area contributed by atoms with Crippen LogP contribution in [0.25, 0.3) is 0 Å². The van der Waals surface area contributed by atoms with Crippen LogP contribution in [-0.4, -0.2) is 25.2 Å². The molecular formula is C20H20ClN3O3S. The lowest BCUT2D eigenvalue weighted by Crippen LogP contribution is -2.45. The van der Waals surface area contributed by atoms with Gasteiger partial charge < -0.3 is 25.4 Å². The molecule has 1 heterocycles. The number of anilines is 1. The number of hydrogen-bond donors (Lipinski definition) is 3. The van der Waals surface area contributed by atoms with Gasteiger partial charge in [-0.15, -0.1) is 0 Å². The molecule has 1 atom stereocenters. The Morgan fingerprint density at radius 1 is 1.14 bits per heavy atom. The lowest BCUT2D eigenvalue weighted by atomic mass is 9.95. The van der Waals surface area contributed by atoms with Gasteiger partial charge in [-0.2, -0.15) is 0 Å². The van der Waals surface area contributed by atoms with E-state index in [-0.39, 0.29) is 11.9 Å². The van der Waals surface area contributed by atoms with Crippen molar-refractivity contribution < 1.29 is 14.3 Å². The fourth-order valence-electron chi connectivity index (χ4n) is 3.04. The van der Waals surface area contributed by atoms with Crippen LogP contribution < -0.4 is 25.4 Å². The second-order valence-electron chi connectivity index (χ2n) is 6.12.